The number of aromatic nitrogens is 2. The number of amides is 1. The minimum absolute atomic E-state index is 0.00312. The third-order valence-electron chi connectivity index (χ3n) is 7.10. The smallest absolute Gasteiger partial charge is 0.223 e. The van der Waals surface area contributed by atoms with Crippen molar-refractivity contribution in [3.63, 3.8) is 0 Å². The molecule has 0 aliphatic carbocycles. The third-order valence-corrected chi connectivity index (χ3v) is 7.10. The van der Waals surface area contributed by atoms with E-state index in [2.05, 4.69) is 25.8 Å². The van der Waals surface area contributed by atoms with Crippen LogP contribution in [0.2, 0.25) is 0 Å². The average molecular weight is 420 g/mol. The summed E-state index contributed by atoms with van der Waals surface area (Å²) in [5.41, 5.74) is 7.14. The largest absolute Gasteiger partial charge is 0.382 e. The van der Waals surface area contributed by atoms with E-state index in [1.54, 1.807) is 12.1 Å². The van der Waals surface area contributed by atoms with Gasteiger partial charge in [0, 0.05) is 31.6 Å². The van der Waals surface area contributed by atoms with Crippen LogP contribution in [0.3, 0.4) is 0 Å². The summed E-state index contributed by atoms with van der Waals surface area (Å²) < 4.78 is 13.8. The number of fused-ring (bicyclic) bond motifs is 4. The summed E-state index contributed by atoms with van der Waals surface area (Å²) in [5, 5.41) is 9.60. The van der Waals surface area contributed by atoms with Crippen molar-refractivity contribution in [1.29, 1.82) is 5.26 Å². The fourth-order valence-corrected chi connectivity index (χ4v) is 5.85. The second kappa shape index (κ2) is 7.80. The van der Waals surface area contributed by atoms with Gasteiger partial charge in [-0.3, -0.25) is 4.79 Å². The molecule has 2 N–H and O–H groups in total. The summed E-state index contributed by atoms with van der Waals surface area (Å²) in [6.45, 7) is 1.42. The standard InChI is InChI=1S/C23H25FN6O/c24-17-4-1-3-14(7-17)8-20-16-9-15(19-5-2-6-21(31)30(19)20)11-29(12-16)23-18(10-25)22(26)27-13-28-23/h1,3-4,7,13,15-16,19-20H,2,5-6,8-9,11-12H2,(H2,26,27,28)/t15-,16+,19+,20+/m1/s1. The lowest BCUT2D eigenvalue weighted by atomic mass is 9.70. The lowest BCUT2D eigenvalue weighted by molar-refractivity contribution is -0.148. The molecule has 3 saturated heterocycles. The molecule has 160 valence electrons. The molecule has 0 saturated carbocycles. The first-order valence-corrected chi connectivity index (χ1v) is 10.9. The highest BCUT2D eigenvalue weighted by Gasteiger charge is 2.49. The van der Waals surface area contributed by atoms with Crippen molar-refractivity contribution in [2.24, 2.45) is 11.8 Å². The minimum Gasteiger partial charge on any atom is -0.382 e. The molecule has 5 rings (SSSR count). The molecule has 3 fully saturated rings. The van der Waals surface area contributed by atoms with E-state index in [4.69, 9.17) is 5.73 Å². The normalized spacial score (nSPS) is 27.5. The molecule has 7 nitrogen and oxygen atoms in total. The molecule has 31 heavy (non-hydrogen) atoms. The quantitative estimate of drug-likeness (QED) is 0.819. The number of halogens is 1. The van der Waals surface area contributed by atoms with E-state index >= 15 is 0 Å². The molecule has 3 aliphatic rings. The van der Waals surface area contributed by atoms with Crippen LogP contribution in [0.5, 0.6) is 0 Å². The first kappa shape index (κ1) is 19.7. The first-order chi connectivity index (χ1) is 15.0. The SMILES string of the molecule is N#Cc1c(N)ncnc1N1C[C@H]2C[C@@H](C1)[C@H](Cc1cccc(F)c1)N1C(=O)CCC[C@@H]21. The zero-order valence-electron chi connectivity index (χ0n) is 17.2. The van der Waals surface area contributed by atoms with Gasteiger partial charge in [-0.25, -0.2) is 14.4 Å². The Kier molecular flexibility index (Phi) is 4.97. The van der Waals surface area contributed by atoms with Crippen LogP contribution in [0.4, 0.5) is 16.0 Å². The minimum atomic E-state index is -0.256. The second-order valence-corrected chi connectivity index (χ2v) is 8.89. The van der Waals surface area contributed by atoms with Gasteiger partial charge in [-0.15, -0.1) is 0 Å². The van der Waals surface area contributed by atoms with Gasteiger partial charge < -0.3 is 15.5 Å². The number of hydrogen-bond acceptors (Lipinski definition) is 6. The molecular weight excluding hydrogens is 395 g/mol. The summed E-state index contributed by atoms with van der Waals surface area (Å²) in [7, 11) is 0. The van der Waals surface area contributed by atoms with Crippen LogP contribution < -0.4 is 10.6 Å². The predicted octanol–water partition coefficient (Wildman–Crippen LogP) is 2.52. The van der Waals surface area contributed by atoms with Crippen LogP contribution in [0.25, 0.3) is 0 Å². The van der Waals surface area contributed by atoms with Gasteiger partial charge in [0.2, 0.25) is 5.91 Å². The fraction of sp³-hybridized carbons (Fsp3) is 0.478. The van der Waals surface area contributed by atoms with E-state index < -0.39 is 0 Å². The Bertz CT molecular complexity index is 1050. The summed E-state index contributed by atoms with van der Waals surface area (Å²) in [6, 6.07) is 8.98. The molecule has 1 aromatic heterocycles. The van der Waals surface area contributed by atoms with Crippen LogP contribution in [-0.2, 0) is 11.2 Å². The molecule has 1 aromatic carbocycles. The Morgan fingerprint density at radius 3 is 2.90 bits per heavy atom. The van der Waals surface area contributed by atoms with Gasteiger partial charge in [-0.2, -0.15) is 5.26 Å². The predicted molar refractivity (Wildman–Crippen MR) is 113 cm³/mol. The number of nitrogen functional groups attached to an aromatic ring is 1. The molecule has 2 bridgehead atoms. The van der Waals surface area contributed by atoms with Crippen molar-refractivity contribution in [3.05, 3.63) is 47.5 Å². The van der Waals surface area contributed by atoms with E-state index in [0.29, 0.717) is 36.7 Å². The van der Waals surface area contributed by atoms with Crippen LogP contribution in [-0.4, -0.2) is 45.9 Å². The Labute approximate surface area is 180 Å². The maximum absolute atomic E-state index is 13.8. The number of nitrogens with zero attached hydrogens (tertiary/aromatic N) is 5. The number of hydrogen-bond donors (Lipinski definition) is 1. The molecule has 4 atom stereocenters. The van der Waals surface area contributed by atoms with Crippen LogP contribution in [0.1, 0.15) is 36.8 Å². The van der Waals surface area contributed by atoms with Crippen molar-refractivity contribution in [2.45, 2.75) is 44.2 Å². The lowest BCUT2D eigenvalue weighted by Gasteiger charge is -2.57. The van der Waals surface area contributed by atoms with Gasteiger partial charge in [-0.1, -0.05) is 12.1 Å². The second-order valence-electron chi connectivity index (χ2n) is 8.89. The van der Waals surface area contributed by atoms with E-state index in [1.807, 2.05) is 6.07 Å². The molecule has 3 aliphatic heterocycles. The molecule has 4 heterocycles. The van der Waals surface area contributed by atoms with Crippen molar-refractivity contribution in [2.75, 3.05) is 23.7 Å². The van der Waals surface area contributed by atoms with Crippen molar-refractivity contribution < 1.29 is 9.18 Å². The summed E-state index contributed by atoms with van der Waals surface area (Å²) in [6.07, 6.45) is 5.51. The van der Waals surface area contributed by atoms with Gasteiger partial charge in [0.05, 0.1) is 0 Å². The Morgan fingerprint density at radius 2 is 2.10 bits per heavy atom. The highest BCUT2D eigenvalue weighted by molar-refractivity contribution is 5.78. The third kappa shape index (κ3) is 3.48. The highest BCUT2D eigenvalue weighted by Crippen LogP contribution is 2.43. The number of carbonyl (C=O) groups is 1. The number of piperidine rings is 3. The zero-order chi connectivity index (χ0) is 21.5. The number of nitriles is 1. The molecule has 2 aromatic rings. The topological polar surface area (TPSA) is 99.1 Å². The van der Waals surface area contributed by atoms with Gasteiger partial charge in [0.25, 0.3) is 0 Å². The maximum atomic E-state index is 13.8. The Hall–Kier alpha value is -3.21. The first-order valence-electron chi connectivity index (χ1n) is 10.9. The Balaban J connectivity index is 1.50. The zero-order valence-corrected chi connectivity index (χ0v) is 17.2. The van der Waals surface area contributed by atoms with Crippen molar-refractivity contribution in [3.8, 4) is 6.07 Å². The molecular formula is C23H25FN6O. The molecule has 0 unspecified atom stereocenters. The number of anilines is 2. The number of benzene rings is 1. The van der Waals surface area contributed by atoms with E-state index in [9.17, 15) is 14.4 Å². The van der Waals surface area contributed by atoms with E-state index in [-0.39, 0.29) is 35.5 Å². The molecule has 1 amide bonds. The van der Waals surface area contributed by atoms with Crippen LogP contribution >= 0.6 is 0 Å². The number of rotatable bonds is 3. The number of nitrogens with two attached hydrogens (primary N) is 1. The van der Waals surface area contributed by atoms with Gasteiger partial charge in [0.1, 0.15) is 29.6 Å². The summed E-state index contributed by atoms with van der Waals surface area (Å²) in [4.78, 5) is 25.6. The average Bonchev–Trinajstić information content (AvgIpc) is 2.76. The molecule has 0 radical (unpaired) electrons. The van der Waals surface area contributed by atoms with Gasteiger partial charge in [0.15, 0.2) is 5.82 Å². The summed E-state index contributed by atoms with van der Waals surface area (Å²) in [5.74, 6) is 1.24. The van der Waals surface area contributed by atoms with E-state index in [0.717, 1.165) is 31.4 Å². The van der Waals surface area contributed by atoms with Gasteiger partial charge >= 0.3 is 0 Å². The Morgan fingerprint density at radius 1 is 1.26 bits per heavy atom. The van der Waals surface area contributed by atoms with Gasteiger partial charge in [-0.05, 0) is 55.2 Å². The van der Waals surface area contributed by atoms with Crippen molar-refractivity contribution >= 4 is 17.5 Å². The molecule has 8 heteroatoms. The lowest BCUT2D eigenvalue weighted by Crippen LogP contribution is -2.65. The molecule has 0 spiro atoms. The van der Waals surface area contributed by atoms with E-state index in [1.165, 1.54) is 12.4 Å². The van der Waals surface area contributed by atoms with Crippen LogP contribution in [0, 0.1) is 29.0 Å². The maximum Gasteiger partial charge on any atom is 0.223 e. The highest BCUT2D eigenvalue weighted by atomic mass is 19.1. The van der Waals surface area contributed by atoms with Crippen LogP contribution in [0.15, 0.2) is 30.6 Å². The van der Waals surface area contributed by atoms with Crippen molar-refractivity contribution in [1.82, 2.24) is 14.9 Å². The fourth-order valence-electron chi connectivity index (χ4n) is 5.85. The monoisotopic (exact) mass is 420 g/mol. The number of carbonyl (C=O) groups excluding carboxylic acids is 1. The summed E-state index contributed by atoms with van der Waals surface area (Å²) >= 11 is 0.